The molecule has 0 aliphatic rings. The summed E-state index contributed by atoms with van der Waals surface area (Å²) in [6.45, 7) is 0. The number of methoxy groups -OCH3 is 2. The second-order valence-corrected chi connectivity index (χ2v) is 6.09. The molecule has 24 heavy (non-hydrogen) atoms. The number of alkyl halides is 3. The SMILES string of the molecule is COc1cc(OC)cc(OS(=O)(=O)c2ccccc2C(F)(F)F)c1. The van der Waals surface area contributed by atoms with Crippen LogP contribution in [0.3, 0.4) is 0 Å². The Morgan fingerprint density at radius 1 is 0.875 bits per heavy atom. The first-order chi connectivity index (χ1) is 11.2. The van der Waals surface area contributed by atoms with E-state index >= 15 is 0 Å². The molecule has 130 valence electrons. The number of hydrogen-bond acceptors (Lipinski definition) is 5. The zero-order chi connectivity index (χ0) is 18.0. The van der Waals surface area contributed by atoms with Gasteiger partial charge in [0.1, 0.15) is 22.1 Å². The molecule has 2 aromatic rings. The molecular formula is C15H13F3O5S. The van der Waals surface area contributed by atoms with Crippen molar-refractivity contribution in [1.29, 1.82) is 0 Å². The van der Waals surface area contributed by atoms with E-state index in [1.54, 1.807) is 0 Å². The molecule has 0 radical (unpaired) electrons. The Bertz CT molecular complexity index is 809. The summed E-state index contributed by atoms with van der Waals surface area (Å²) in [6, 6.07) is 7.67. The van der Waals surface area contributed by atoms with Crippen LogP contribution < -0.4 is 13.7 Å². The standard InChI is InChI=1S/C15H13F3O5S/c1-21-10-7-11(22-2)9-12(8-10)23-24(19,20)14-6-4-3-5-13(14)15(16,17)18/h3-9H,1-2H3. The van der Waals surface area contributed by atoms with Crippen LogP contribution in [0.15, 0.2) is 47.4 Å². The fourth-order valence-corrected chi connectivity index (χ4v) is 3.06. The fraction of sp³-hybridized carbons (Fsp3) is 0.200. The van der Waals surface area contributed by atoms with Gasteiger partial charge in [-0.2, -0.15) is 21.6 Å². The van der Waals surface area contributed by atoms with Gasteiger partial charge >= 0.3 is 16.3 Å². The Kier molecular flexibility index (Phi) is 4.93. The molecule has 0 aliphatic carbocycles. The molecule has 0 amide bonds. The zero-order valence-electron chi connectivity index (χ0n) is 12.6. The van der Waals surface area contributed by atoms with Gasteiger partial charge in [0.2, 0.25) is 0 Å². The van der Waals surface area contributed by atoms with Crippen molar-refractivity contribution in [3.05, 3.63) is 48.0 Å². The number of ether oxygens (including phenoxy) is 2. The molecular weight excluding hydrogens is 349 g/mol. The maximum atomic E-state index is 13.0. The fourth-order valence-electron chi connectivity index (χ4n) is 1.92. The topological polar surface area (TPSA) is 61.8 Å². The van der Waals surface area contributed by atoms with Crippen molar-refractivity contribution in [1.82, 2.24) is 0 Å². The van der Waals surface area contributed by atoms with Gasteiger partial charge in [-0.1, -0.05) is 12.1 Å². The summed E-state index contributed by atoms with van der Waals surface area (Å²) in [4.78, 5) is -0.973. The van der Waals surface area contributed by atoms with Crippen molar-refractivity contribution in [2.24, 2.45) is 0 Å². The summed E-state index contributed by atoms with van der Waals surface area (Å²) in [5.41, 5.74) is -1.31. The van der Waals surface area contributed by atoms with Gasteiger partial charge in [-0.3, -0.25) is 0 Å². The van der Waals surface area contributed by atoms with Crippen LogP contribution in [-0.4, -0.2) is 22.6 Å². The molecule has 0 heterocycles. The summed E-state index contributed by atoms with van der Waals surface area (Å²) in [6.07, 6.45) is -4.83. The van der Waals surface area contributed by atoms with E-state index in [1.165, 1.54) is 38.5 Å². The van der Waals surface area contributed by atoms with Crippen molar-refractivity contribution in [2.45, 2.75) is 11.1 Å². The second-order valence-electron chi connectivity index (χ2n) is 4.58. The van der Waals surface area contributed by atoms with Crippen LogP contribution in [0.1, 0.15) is 5.56 Å². The van der Waals surface area contributed by atoms with E-state index in [0.29, 0.717) is 6.07 Å². The van der Waals surface area contributed by atoms with Gasteiger partial charge in [-0.15, -0.1) is 0 Å². The highest BCUT2D eigenvalue weighted by atomic mass is 32.2. The van der Waals surface area contributed by atoms with E-state index < -0.39 is 26.8 Å². The molecule has 2 rings (SSSR count). The monoisotopic (exact) mass is 362 g/mol. The van der Waals surface area contributed by atoms with Crippen molar-refractivity contribution in [3.8, 4) is 17.2 Å². The molecule has 0 fully saturated rings. The van der Waals surface area contributed by atoms with Crippen LogP contribution in [-0.2, 0) is 16.3 Å². The molecule has 0 aliphatic heterocycles. The third-order valence-corrected chi connectivity index (χ3v) is 4.30. The number of rotatable bonds is 5. The molecule has 9 heteroatoms. The molecule has 0 N–H and O–H groups in total. The van der Waals surface area contributed by atoms with Gasteiger partial charge in [0.05, 0.1) is 19.8 Å². The molecule has 0 atom stereocenters. The highest BCUT2D eigenvalue weighted by molar-refractivity contribution is 7.87. The first-order valence-corrected chi connectivity index (χ1v) is 7.92. The predicted molar refractivity (Wildman–Crippen MR) is 78.8 cm³/mol. The smallest absolute Gasteiger partial charge is 0.417 e. The summed E-state index contributed by atoms with van der Waals surface area (Å²) in [5, 5.41) is 0. The molecule has 2 aromatic carbocycles. The lowest BCUT2D eigenvalue weighted by Gasteiger charge is -2.14. The van der Waals surface area contributed by atoms with Crippen LogP contribution in [0.2, 0.25) is 0 Å². The van der Waals surface area contributed by atoms with Crippen molar-refractivity contribution < 1.29 is 35.2 Å². The normalized spacial score (nSPS) is 11.9. The molecule has 0 bridgehead atoms. The molecule has 5 nitrogen and oxygen atoms in total. The Labute approximate surface area is 136 Å². The van der Waals surface area contributed by atoms with Crippen LogP contribution in [0.4, 0.5) is 13.2 Å². The lowest BCUT2D eigenvalue weighted by molar-refractivity contribution is -0.139. The minimum absolute atomic E-state index is 0.226. The van der Waals surface area contributed by atoms with E-state index in [1.807, 2.05) is 0 Å². The van der Waals surface area contributed by atoms with Gasteiger partial charge in [-0.05, 0) is 12.1 Å². The number of hydrogen-bond donors (Lipinski definition) is 0. The van der Waals surface area contributed by atoms with E-state index in [-0.39, 0.29) is 17.2 Å². The van der Waals surface area contributed by atoms with Crippen LogP contribution in [0.5, 0.6) is 17.2 Å². The third-order valence-electron chi connectivity index (χ3n) is 2.99. The van der Waals surface area contributed by atoms with Gasteiger partial charge in [0.15, 0.2) is 0 Å². The second kappa shape index (κ2) is 6.60. The highest BCUT2D eigenvalue weighted by Gasteiger charge is 2.37. The van der Waals surface area contributed by atoms with Gasteiger partial charge in [0, 0.05) is 18.2 Å². The lowest BCUT2D eigenvalue weighted by Crippen LogP contribution is -2.17. The maximum Gasteiger partial charge on any atom is 0.417 e. The van der Waals surface area contributed by atoms with Gasteiger partial charge in [0.25, 0.3) is 0 Å². The molecule has 0 saturated carbocycles. The van der Waals surface area contributed by atoms with Crippen molar-refractivity contribution in [2.75, 3.05) is 14.2 Å². The summed E-state index contributed by atoms with van der Waals surface area (Å²) < 4.78 is 78.3. The Morgan fingerprint density at radius 2 is 1.38 bits per heavy atom. The maximum absolute atomic E-state index is 13.0. The zero-order valence-corrected chi connectivity index (χ0v) is 13.4. The van der Waals surface area contributed by atoms with Crippen LogP contribution in [0, 0.1) is 0 Å². The van der Waals surface area contributed by atoms with Gasteiger partial charge < -0.3 is 13.7 Å². The first kappa shape index (κ1) is 17.9. The molecule has 0 aromatic heterocycles. The lowest BCUT2D eigenvalue weighted by atomic mass is 10.2. The molecule has 0 unspecified atom stereocenters. The van der Waals surface area contributed by atoms with Crippen LogP contribution >= 0.6 is 0 Å². The van der Waals surface area contributed by atoms with Crippen LogP contribution in [0.25, 0.3) is 0 Å². The predicted octanol–water partition coefficient (Wildman–Crippen LogP) is 3.49. The summed E-state index contributed by atoms with van der Waals surface area (Å²) in [5.74, 6) is 0.218. The minimum Gasteiger partial charge on any atom is -0.496 e. The first-order valence-electron chi connectivity index (χ1n) is 6.51. The number of halogens is 3. The minimum atomic E-state index is -4.83. The van der Waals surface area contributed by atoms with Crippen molar-refractivity contribution >= 4 is 10.1 Å². The van der Waals surface area contributed by atoms with E-state index in [2.05, 4.69) is 0 Å². The molecule has 0 saturated heterocycles. The number of benzene rings is 2. The average molecular weight is 362 g/mol. The third kappa shape index (κ3) is 3.91. The average Bonchev–Trinajstić information content (AvgIpc) is 2.53. The molecule has 0 spiro atoms. The van der Waals surface area contributed by atoms with E-state index in [9.17, 15) is 21.6 Å². The summed E-state index contributed by atoms with van der Waals surface area (Å²) >= 11 is 0. The largest absolute Gasteiger partial charge is 0.496 e. The Balaban J connectivity index is 2.47. The van der Waals surface area contributed by atoms with E-state index in [4.69, 9.17) is 13.7 Å². The summed E-state index contributed by atoms with van der Waals surface area (Å²) in [7, 11) is -2.03. The Hall–Kier alpha value is -2.42. The quantitative estimate of drug-likeness (QED) is 0.762. The Morgan fingerprint density at radius 3 is 1.88 bits per heavy atom. The van der Waals surface area contributed by atoms with E-state index in [0.717, 1.165) is 12.1 Å². The van der Waals surface area contributed by atoms with Crippen molar-refractivity contribution in [3.63, 3.8) is 0 Å². The van der Waals surface area contributed by atoms with Gasteiger partial charge in [-0.25, -0.2) is 0 Å². The highest BCUT2D eigenvalue weighted by Crippen LogP contribution is 2.36.